The average molecular weight is 422 g/mol. The Balaban J connectivity index is 1.74. The summed E-state index contributed by atoms with van der Waals surface area (Å²) in [6, 6.07) is 24.9. The van der Waals surface area contributed by atoms with E-state index in [1.54, 1.807) is 0 Å². The Kier molecular flexibility index (Phi) is 5.01. The first-order valence-corrected chi connectivity index (χ1v) is 11.3. The van der Waals surface area contributed by atoms with E-state index in [-0.39, 0.29) is 11.0 Å². The van der Waals surface area contributed by atoms with E-state index in [2.05, 4.69) is 62.4 Å². The first-order chi connectivity index (χ1) is 15.5. The molecule has 0 radical (unpaired) electrons. The van der Waals surface area contributed by atoms with Crippen LogP contribution in [-0.2, 0) is 11.8 Å². The quantitative estimate of drug-likeness (QED) is 0.433. The summed E-state index contributed by atoms with van der Waals surface area (Å²) in [5.41, 5.74) is 6.21. The zero-order valence-corrected chi connectivity index (χ0v) is 18.8. The maximum absolute atomic E-state index is 13.4. The van der Waals surface area contributed by atoms with Crippen molar-refractivity contribution in [2.75, 3.05) is 0 Å². The van der Waals surface area contributed by atoms with Gasteiger partial charge in [-0.1, -0.05) is 78.7 Å². The molecule has 0 unspecified atom stereocenters. The number of para-hydroxylation sites is 1. The predicted molar refractivity (Wildman–Crippen MR) is 131 cm³/mol. The monoisotopic (exact) mass is 421 g/mol. The fourth-order valence-electron chi connectivity index (χ4n) is 4.71. The van der Waals surface area contributed by atoms with Crippen LogP contribution in [0.3, 0.4) is 0 Å². The lowest BCUT2D eigenvalue weighted by Gasteiger charge is -2.44. The standard InChI is InChI=1S/C28H27N3O/c1-4-26-29-24-8-6-5-7-23(24)27(32)31(26)30-25-17-18-28(25,21-13-9-19(2)10-14-21)22-15-11-20(3)12-16-22/h5-16H,4,17-18H2,1-3H3/b30-25+. The van der Waals surface area contributed by atoms with Crippen molar-refractivity contribution in [3.05, 3.63) is 111 Å². The van der Waals surface area contributed by atoms with E-state index in [1.165, 1.54) is 26.9 Å². The van der Waals surface area contributed by atoms with Crippen molar-refractivity contribution < 1.29 is 0 Å². The van der Waals surface area contributed by atoms with Crippen molar-refractivity contribution in [3.63, 3.8) is 0 Å². The molecule has 32 heavy (non-hydrogen) atoms. The molecule has 1 heterocycles. The van der Waals surface area contributed by atoms with Gasteiger partial charge in [-0.15, -0.1) is 0 Å². The Labute approximate surface area is 188 Å². The molecule has 0 saturated heterocycles. The van der Waals surface area contributed by atoms with Crippen LogP contribution in [0.2, 0.25) is 0 Å². The molecule has 1 saturated carbocycles. The molecule has 5 rings (SSSR count). The van der Waals surface area contributed by atoms with Gasteiger partial charge in [0.2, 0.25) is 0 Å². The molecule has 4 aromatic rings. The van der Waals surface area contributed by atoms with Crippen LogP contribution in [0.5, 0.6) is 0 Å². The van der Waals surface area contributed by atoms with E-state index >= 15 is 0 Å². The first-order valence-electron chi connectivity index (χ1n) is 11.3. The summed E-state index contributed by atoms with van der Waals surface area (Å²) in [5, 5.41) is 5.60. The van der Waals surface area contributed by atoms with Gasteiger partial charge in [0, 0.05) is 6.42 Å². The van der Waals surface area contributed by atoms with Crippen molar-refractivity contribution in [3.8, 4) is 0 Å². The van der Waals surface area contributed by atoms with Crippen LogP contribution in [-0.4, -0.2) is 15.4 Å². The summed E-state index contributed by atoms with van der Waals surface area (Å²) in [4.78, 5) is 18.1. The lowest BCUT2D eigenvalue weighted by Crippen LogP contribution is -2.47. The third-order valence-corrected chi connectivity index (χ3v) is 6.68. The Morgan fingerprint density at radius 2 is 1.50 bits per heavy atom. The molecule has 0 aliphatic heterocycles. The Bertz CT molecular complexity index is 1330. The lowest BCUT2D eigenvalue weighted by atomic mass is 9.59. The molecule has 0 N–H and O–H groups in total. The Morgan fingerprint density at radius 3 is 2.03 bits per heavy atom. The van der Waals surface area contributed by atoms with Crippen molar-refractivity contribution in [2.45, 2.75) is 45.4 Å². The molecule has 4 nitrogen and oxygen atoms in total. The van der Waals surface area contributed by atoms with Crippen LogP contribution in [0.4, 0.5) is 0 Å². The molecular weight excluding hydrogens is 394 g/mol. The van der Waals surface area contributed by atoms with E-state index in [0.29, 0.717) is 17.6 Å². The first kappa shape index (κ1) is 20.4. The van der Waals surface area contributed by atoms with E-state index in [9.17, 15) is 4.79 Å². The lowest BCUT2D eigenvalue weighted by molar-refractivity contribution is 0.528. The molecular formula is C28H27N3O. The van der Waals surface area contributed by atoms with Crippen LogP contribution in [0, 0.1) is 13.8 Å². The summed E-state index contributed by atoms with van der Waals surface area (Å²) in [6.07, 6.45) is 2.46. The molecule has 0 spiro atoms. The maximum atomic E-state index is 13.4. The topological polar surface area (TPSA) is 47.2 Å². The number of benzene rings is 3. The van der Waals surface area contributed by atoms with E-state index in [4.69, 9.17) is 10.1 Å². The van der Waals surface area contributed by atoms with E-state index in [0.717, 1.165) is 24.1 Å². The fourth-order valence-corrected chi connectivity index (χ4v) is 4.71. The summed E-state index contributed by atoms with van der Waals surface area (Å²) in [5.74, 6) is 0.690. The second-order valence-corrected chi connectivity index (χ2v) is 8.70. The highest BCUT2D eigenvalue weighted by Gasteiger charge is 2.47. The second-order valence-electron chi connectivity index (χ2n) is 8.70. The van der Waals surface area contributed by atoms with Gasteiger partial charge in [-0.3, -0.25) is 4.79 Å². The minimum atomic E-state index is -0.322. The molecule has 160 valence electrons. The minimum Gasteiger partial charge on any atom is -0.267 e. The predicted octanol–water partition coefficient (Wildman–Crippen LogP) is 5.56. The van der Waals surface area contributed by atoms with Gasteiger partial charge in [-0.25, -0.2) is 4.98 Å². The summed E-state index contributed by atoms with van der Waals surface area (Å²) in [6.45, 7) is 6.22. The number of aryl methyl sites for hydroxylation is 3. The van der Waals surface area contributed by atoms with E-state index in [1.807, 2.05) is 31.2 Å². The number of hydrogen-bond donors (Lipinski definition) is 0. The molecule has 3 aromatic carbocycles. The molecule has 0 atom stereocenters. The van der Waals surface area contributed by atoms with Crippen LogP contribution < -0.4 is 5.56 Å². The number of fused-ring (bicyclic) bond motifs is 1. The van der Waals surface area contributed by atoms with Gasteiger partial charge in [-0.05, 0) is 49.9 Å². The van der Waals surface area contributed by atoms with Crippen LogP contribution >= 0.6 is 0 Å². The van der Waals surface area contributed by atoms with Crippen LogP contribution in [0.15, 0.2) is 82.7 Å². The minimum absolute atomic E-state index is 0.103. The molecule has 1 fully saturated rings. The SMILES string of the molecule is CCc1nc2ccccc2c(=O)n1/N=C1\CCC1(c1ccc(C)cc1)c1ccc(C)cc1. The highest BCUT2D eigenvalue weighted by Crippen LogP contribution is 2.47. The highest BCUT2D eigenvalue weighted by molar-refractivity contribution is 6.03. The van der Waals surface area contributed by atoms with E-state index < -0.39 is 0 Å². The molecule has 0 bridgehead atoms. The number of aromatic nitrogens is 2. The van der Waals surface area contributed by atoms with Gasteiger partial charge in [0.25, 0.3) is 5.56 Å². The van der Waals surface area contributed by atoms with Gasteiger partial charge in [0.1, 0.15) is 5.82 Å². The van der Waals surface area contributed by atoms with Crippen molar-refractivity contribution in [2.24, 2.45) is 5.10 Å². The van der Waals surface area contributed by atoms with Gasteiger partial charge in [0.05, 0.1) is 22.0 Å². The van der Waals surface area contributed by atoms with Gasteiger partial charge in [-0.2, -0.15) is 9.78 Å². The molecule has 0 amide bonds. The fraction of sp³-hybridized carbons (Fsp3) is 0.250. The van der Waals surface area contributed by atoms with Crippen molar-refractivity contribution >= 4 is 16.6 Å². The molecule has 1 aromatic heterocycles. The molecule has 4 heteroatoms. The van der Waals surface area contributed by atoms with Crippen LogP contribution in [0.25, 0.3) is 10.9 Å². The Morgan fingerprint density at radius 1 is 0.906 bits per heavy atom. The van der Waals surface area contributed by atoms with Crippen molar-refractivity contribution in [1.29, 1.82) is 0 Å². The third-order valence-electron chi connectivity index (χ3n) is 6.68. The smallest absolute Gasteiger partial charge is 0.267 e. The number of rotatable bonds is 4. The van der Waals surface area contributed by atoms with Gasteiger partial charge in [0.15, 0.2) is 0 Å². The second kappa shape index (κ2) is 7.86. The summed E-state index contributed by atoms with van der Waals surface area (Å²) >= 11 is 0. The normalized spacial score (nSPS) is 16.3. The summed E-state index contributed by atoms with van der Waals surface area (Å²) in [7, 11) is 0. The average Bonchev–Trinajstić information content (AvgIpc) is 2.80. The van der Waals surface area contributed by atoms with Gasteiger partial charge >= 0.3 is 0 Å². The van der Waals surface area contributed by atoms with Gasteiger partial charge < -0.3 is 0 Å². The van der Waals surface area contributed by atoms with Crippen molar-refractivity contribution in [1.82, 2.24) is 9.66 Å². The summed E-state index contributed by atoms with van der Waals surface area (Å²) < 4.78 is 1.54. The highest BCUT2D eigenvalue weighted by atomic mass is 16.1. The maximum Gasteiger partial charge on any atom is 0.282 e. The zero-order valence-electron chi connectivity index (χ0n) is 18.8. The molecule has 1 aliphatic carbocycles. The zero-order chi connectivity index (χ0) is 22.3. The Hall–Kier alpha value is -3.53. The molecule has 1 aliphatic rings. The van der Waals surface area contributed by atoms with Crippen LogP contribution in [0.1, 0.15) is 47.8 Å². The number of nitrogens with zero attached hydrogens (tertiary/aromatic N) is 3. The number of hydrogen-bond acceptors (Lipinski definition) is 3. The largest absolute Gasteiger partial charge is 0.282 e. The third kappa shape index (κ3) is 3.18.